The quantitative estimate of drug-likeness (QED) is 0.907. The maximum absolute atomic E-state index is 6.30. The third-order valence-electron chi connectivity index (χ3n) is 2.90. The van der Waals surface area contributed by atoms with E-state index < -0.39 is 0 Å². The lowest BCUT2D eigenvalue weighted by molar-refractivity contribution is 0.398. The Morgan fingerprint density at radius 3 is 2.68 bits per heavy atom. The minimum absolute atomic E-state index is 0.602. The van der Waals surface area contributed by atoms with Gasteiger partial charge in [0.2, 0.25) is 5.88 Å². The fourth-order valence-corrected chi connectivity index (χ4v) is 2.08. The van der Waals surface area contributed by atoms with Gasteiger partial charge in [0, 0.05) is 23.8 Å². The van der Waals surface area contributed by atoms with Gasteiger partial charge < -0.3 is 10.1 Å². The molecule has 2 rings (SSSR count). The molecular weight excluding hydrogens is 260 g/mol. The summed E-state index contributed by atoms with van der Waals surface area (Å²) >= 11 is 6.30. The number of hydrogen-bond acceptors (Lipinski definition) is 3. The molecule has 19 heavy (non-hydrogen) atoms. The summed E-state index contributed by atoms with van der Waals surface area (Å²) in [4.78, 5) is 4.10. The molecular formula is C15H17ClN2O. The number of rotatable bonds is 5. The molecule has 0 radical (unpaired) electrons. The molecule has 0 unspecified atom stereocenters. The first-order valence-corrected chi connectivity index (χ1v) is 6.62. The van der Waals surface area contributed by atoms with Crippen molar-refractivity contribution >= 4 is 11.6 Å². The summed E-state index contributed by atoms with van der Waals surface area (Å²) in [6.45, 7) is 3.79. The van der Waals surface area contributed by atoms with Crippen molar-refractivity contribution in [2.45, 2.75) is 13.5 Å². The van der Waals surface area contributed by atoms with Gasteiger partial charge in [-0.05, 0) is 35.4 Å². The van der Waals surface area contributed by atoms with E-state index in [2.05, 4.69) is 23.3 Å². The Hall–Kier alpha value is -1.58. The molecule has 0 amide bonds. The molecule has 3 nitrogen and oxygen atoms in total. The fraction of sp³-hybridized carbons (Fsp3) is 0.267. The molecule has 1 aromatic heterocycles. The Balaban J connectivity index is 2.27. The summed E-state index contributed by atoms with van der Waals surface area (Å²) in [5.74, 6) is 0.602. The van der Waals surface area contributed by atoms with Gasteiger partial charge in [-0.25, -0.2) is 4.98 Å². The van der Waals surface area contributed by atoms with Gasteiger partial charge in [0.25, 0.3) is 0 Å². The van der Waals surface area contributed by atoms with Crippen molar-refractivity contribution in [3.63, 3.8) is 0 Å². The normalized spacial score (nSPS) is 10.5. The summed E-state index contributed by atoms with van der Waals surface area (Å²) in [5, 5.41) is 4.04. The van der Waals surface area contributed by atoms with Crippen molar-refractivity contribution in [3.05, 3.63) is 47.1 Å². The van der Waals surface area contributed by atoms with E-state index in [9.17, 15) is 0 Å². The zero-order chi connectivity index (χ0) is 13.7. The van der Waals surface area contributed by atoms with Gasteiger partial charge >= 0.3 is 0 Å². The molecule has 0 bridgehead atoms. The van der Waals surface area contributed by atoms with Crippen LogP contribution in [0.1, 0.15) is 12.5 Å². The SMILES string of the molecule is CCNCc1ccc(-c2ccnc(OC)c2)cc1Cl. The number of aromatic nitrogens is 1. The second kappa shape index (κ2) is 6.55. The monoisotopic (exact) mass is 276 g/mol. The lowest BCUT2D eigenvalue weighted by Crippen LogP contribution is -2.11. The van der Waals surface area contributed by atoms with E-state index in [1.807, 2.05) is 24.3 Å². The molecule has 1 aromatic carbocycles. The highest BCUT2D eigenvalue weighted by molar-refractivity contribution is 6.31. The van der Waals surface area contributed by atoms with Crippen LogP contribution in [-0.2, 0) is 6.54 Å². The Labute approximate surface area is 118 Å². The van der Waals surface area contributed by atoms with Gasteiger partial charge in [0.15, 0.2) is 0 Å². The van der Waals surface area contributed by atoms with Crippen LogP contribution in [0.4, 0.5) is 0 Å². The third kappa shape index (κ3) is 3.46. The van der Waals surface area contributed by atoms with Crippen LogP contribution in [0.3, 0.4) is 0 Å². The van der Waals surface area contributed by atoms with E-state index >= 15 is 0 Å². The molecule has 0 aliphatic carbocycles. The van der Waals surface area contributed by atoms with Crippen LogP contribution >= 0.6 is 11.6 Å². The van der Waals surface area contributed by atoms with Crippen molar-refractivity contribution in [1.29, 1.82) is 0 Å². The number of halogens is 1. The summed E-state index contributed by atoms with van der Waals surface area (Å²) in [7, 11) is 1.61. The molecule has 1 heterocycles. The van der Waals surface area contributed by atoms with Crippen molar-refractivity contribution in [3.8, 4) is 17.0 Å². The lowest BCUT2D eigenvalue weighted by atomic mass is 10.0. The fourth-order valence-electron chi connectivity index (χ4n) is 1.83. The topological polar surface area (TPSA) is 34.2 Å². The van der Waals surface area contributed by atoms with Crippen LogP contribution in [0, 0.1) is 0 Å². The van der Waals surface area contributed by atoms with E-state index in [1.54, 1.807) is 13.3 Å². The number of pyridine rings is 1. The molecule has 4 heteroatoms. The van der Waals surface area contributed by atoms with Gasteiger partial charge in [-0.2, -0.15) is 0 Å². The highest BCUT2D eigenvalue weighted by Gasteiger charge is 2.05. The first-order chi connectivity index (χ1) is 9.24. The summed E-state index contributed by atoms with van der Waals surface area (Å²) < 4.78 is 5.13. The Kier molecular flexibility index (Phi) is 4.77. The van der Waals surface area contributed by atoms with E-state index in [0.717, 1.165) is 34.8 Å². The number of ether oxygens (including phenoxy) is 1. The predicted octanol–water partition coefficient (Wildman–Crippen LogP) is 3.52. The zero-order valence-corrected chi connectivity index (χ0v) is 11.9. The van der Waals surface area contributed by atoms with Crippen LogP contribution < -0.4 is 10.1 Å². The van der Waals surface area contributed by atoms with Crippen molar-refractivity contribution in [2.75, 3.05) is 13.7 Å². The molecule has 2 aromatic rings. The molecule has 0 aliphatic heterocycles. The van der Waals surface area contributed by atoms with Crippen molar-refractivity contribution in [2.24, 2.45) is 0 Å². The molecule has 0 aliphatic rings. The average molecular weight is 277 g/mol. The maximum atomic E-state index is 6.30. The Morgan fingerprint density at radius 2 is 2.00 bits per heavy atom. The third-order valence-corrected chi connectivity index (χ3v) is 3.25. The largest absolute Gasteiger partial charge is 0.481 e. The van der Waals surface area contributed by atoms with Gasteiger partial charge in [-0.3, -0.25) is 0 Å². The maximum Gasteiger partial charge on any atom is 0.213 e. The van der Waals surface area contributed by atoms with Crippen LogP contribution in [0.2, 0.25) is 5.02 Å². The highest BCUT2D eigenvalue weighted by Crippen LogP contribution is 2.27. The molecule has 100 valence electrons. The van der Waals surface area contributed by atoms with Crippen molar-refractivity contribution in [1.82, 2.24) is 10.3 Å². The Bertz CT molecular complexity index is 558. The molecule has 0 saturated heterocycles. The number of benzene rings is 1. The number of hydrogen-bond donors (Lipinski definition) is 1. The minimum atomic E-state index is 0.602. The highest BCUT2D eigenvalue weighted by atomic mass is 35.5. The molecule has 0 atom stereocenters. The van der Waals surface area contributed by atoms with Gasteiger partial charge in [0.05, 0.1) is 7.11 Å². The average Bonchev–Trinajstić information content (AvgIpc) is 2.46. The predicted molar refractivity (Wildman–Crippen MR) is 78.6 cm³/mol. The van der Waals surface area contributed by atoms with Gasteiger partial charge in [0.1, 0.15) is 0 Å². The zero-order valence-electron chi connectivity index (χ0n) is 11.1. The summed E-state index contributed by atoms with van der Waals surface area (Å²) in [6, 6.07) is 9.93. The van der Waals surface area contributed by atoms with E-state index in [0.29, 0.717) is 5.88 Å². The second-order valence-electron chi connectivity index (χ2n) is 4.17. The molecule has 0 fully saturated rings. The molecule has 0 saturated carbocycles. The van der Waals surface area contributed by atoms with Crippen LogP contribution in [0.25, 0.3) is 11.1 Å². The number of methoxy groups -OCH3 is 1. The van der Waals surface area contributed by atoms with Crippen molar-refractivity contribution < 1.29 is 4.74 Å². The first kappa shape index (κ1) is 13.8. The van der Waals surface area contributed by atoms with E-state index in [4.69, 9.17) is 16.3 Å². The number of nitrogens with one attached hydrogen (secondary N) is 1. The van der Waals surface area contributed by atoms with Crippen LogP contribution in [-0.4, -0.2) is 18.6 Å². The van der Waals surface area contributed by atoms with E-state index in [1.165, 1.54) is 0 Å². The van der Waals surface area contributed by atoms with Crippen LogP contribution in [0.15, 0.2) is 36.5 Å². The summed E-state index contributed by atoms with van der Waals surface area (Å²) in [6.07, 6.45) is 1.73. The summed E-state index contributed by atoms with van der Waals surface area (Å²) in [5.41, 5.74) is 3.21. The van der Waals surface area contributed by atoms with E-state index in [-0.39, 0.29) is 0 Å². The minimum Gasteiger partial charge on any atom is -0.481 e. The molecule has 0 spiro atoms. The second-order valence-corrected chi connectivity index (χ2v) is 4.58. The lowest BCUT2D eigenvalue weighted by Gasteiger charge is -2.08. The number of nitrogens with zero attached hydrogens (tertiary/aromatic N) is 1. The van der Waals surface area contributed by atoms with Gasteiger partial charge in [-0.1, -0.05) is 30.7 Å². The van der Waals surface area contributed by atoms with Crippen LogP contribution in [0.5, 0.6) is 5.88 Å². The standard InChI is InChI=1S/C15H17ClN2O/c1-3-17-10-13-5-4-11(8-14(13)16)12-6-7-18-15(9-12)19-2/h4-9,17H,3,10H2,1-2H3. The molecule has 1 N–H and O–H groups in total. The Morgan fingerprint density at radius 1 is 1.21 bits per heavy atom. The smallest absolute Gasteiger partial charge is 0.213 e. The van der Waals surface area contributed by atoms with Gasteiger partial charge in [-0.15, -0.1) is 0 Å². The first-order valence-electron chi connectivity index (χ1n) is 6.24.